The highest BCUT2D eigenvalue weighted by molar-refractivity contribution is 8.08. The third-order valence-electron chi connectivity index (χ3n) is 3.32. The van der Waals surface area contributed by atoms with E-state index in [1.165, 1.54) is 0 Å². The first-order chi connectivity index (χ1) is 14.2. The van der Waals surface area contributed by atoms with E-state index in [0.717, 1.165) is 46.0 Å². The Morgan fingerprint density at radius 3 is 1.33 bits per heavy atom. The van der Waals surface area contributed by atoms with Crippen molar-refractivity contribution in [3.63, 3.8) is 0 Å². The lowest BCUT2D eigenvalue weighted by Gasteiger charge is -2.21. The molecule has 0 aromatic heterocycles. The fourth-order valence-electron chi connectivity index (χ4n) is 1.93. The molecular formula is C15H40N8S7. The zero-order valence-corrected chi connectivity index (χ0v) is 23.2. The van der Waals surface area contributed by atoms with Gasteiger partial charge in [0.05, 0.1) is 0 Å². The van der Waals surface area contributed by atoms with Crippen molar-refractivity contribution < 1.29 is 0 Å². The van der Waals surface area contributed by atoms with Crippen LogP contribution in [0.5, 0.6) is 0 Å². The second-order valence-corrected chi connectivity index (χ2v) is 14.9. The molecule has 0 heterocycles. The predicted octanol–water partition coefficient (Wildman–Crippen LogP) is -0.0793. The highest BCUT2D eigenvalue weighted by atomic mass is 32.2. The maximum absolute atomic E-state index is 6.00. The summed E-state index contributed by atoms with van der Waals surface area (Å²) in [5.74, 6) is 8.03. The van der Waals surface area contributed by atoms with Crippen LogP contribution in [0.4, 0.5) is 0 Å². The summed E-state index contributed by atoms with van der Waals surface area (Å²) in [5.41, 5.74) is 38.9. The van der Waals surface area contributed by atoms with Crippen molar-refractivity contribution in [2.45, 2.75) is 32.5 Å². The topological polar surface area (TPSA) is 194 Å². The number of nitrogens with two attached hydrogens (primary N) is 7. The number of hydrogen-bond donors (Lipinski definition) is 8. The van der Waals surface area contributed by atoms with Crippen molar-refractivity contribution in [2.75, 3.05) is 53.1 Å². The van der Waals surface area contributed by atoms with E-state index in [1.54, 1.807) is 47.0 Å². The van der Waals surface area contributed by atoms with Crippen LogP contribution in [0, 0.1) is 0 Å². The Balaban J connectivity index is 4.42. The Bertz CT molecular complexity index is 385. The Hall–Kier alpha value is 2.13. The van der Waals surface area contributed by atoms with Crippen LogP contribution in [0.15, 0.2) is 0 Å². The Labute approximate surface area is 212 Å². The van der Waals surface area contributed by atoms with Gasteiger partial charge in [-0.2, -0.15) is 35.3 Å². The molecule has 0 radical (unpaired) electrons. The minimum absolute atomic E-state index is 0.0397. The molecule has 0 aliphatic rings. The molecular weight excluding hydrogens is 517 g/mol. The quantitative estimate of drug-likeness (QED) is 0.0690. The fourth-order valence-corrected chi connectivity index (χ4v) is 9.73. The summed E-state index contributed by atoms with van der Waals surface area (Å²) in [5, 5.41) is 4.10. The summed E-state index contributed by atoms with van der Waals surface area (Å²) in [7, 11) is 1.88. The third-order valence-corrected chi connectivity index (χ3v) is 12.3. The first kappa shape index (κ1) is 32.1. The van der Waals surface area contributed by atoms with E-state index in [1.807, 2.05) is 42.3 Å². The highest BCUT2D eigenvalue weighted by Crippen LogP contribution is 2.27. The van der Waals surface area contributed by atoms with Gasteiger partial charge in [-0.25, -0.2) is 0 Å². The lowest BCUT2D eigenvalue weighted by Crippen LogP contribution is -2.32. The predicted molar refractivity (Wildman–Crippen MR) is 153 cm³/mol. The van der Waals surface area contributed by atoms with E-state index in [0.29, 0.717) is 10.5 Å². The number of thioether (sulfide) groups is 7. The maximum atomic E-state index is 6.00. The van der Waals surface area contributed by atoms with Gasteiger partial charge in [0.1, 0.15) is 22.0 Å². The van der Waals surface area contributed by atoms with E-state index < -0.39 is 0 Å². The molecule has 15 heteroatoms. The summed E-state index contributed by atoms with van der Waals surface area (Å²) in [4.78, 5) is 0. The molecule has 0 amide bonds. The monoisotopic (exact) mass is 556 g/mol. The summed E-state index contributed by atoms with van der Waals surface area (Å²) in [6, 6.07) is 0. The summed E-state index contributed by atoms with van der Waals surface area (Å²) >= 11 is 12.4. The van der Waals surface area contributed by atoms with Crippen LogP contribution in [-0.4, -0.2) is 85.6 Å². The van der Waals surface area contributed by atoms with Gasteiger partial charge in [0, 0.05) is 56.5 Å². The van der Waals surface area contributed by atoms with E-state index in [2.05, 4.69) is 5.32 Å². The molecule has 0 aromatic carbocycles. The summed E-state index contributed by atoms with van der Waals surface area (Å²) in [6.45, 7) is 0. The molecule has 8 nitrogen and oxygen atoms in total. The zero-order chi connectivity index (χ0) is 22.8. The van der Waals surface area contributed by atoms with Crippen LogP contribution in [0.3, 0.4) is 0 Å². The van der Waals surface area contributed by atoms with Crippen molar-refractivity contribution in [1.82, 2.24) is 5.32 Å². The Morgan fingerprint density at radius 2 is 0.933 bits per heavy atom. The lowest BCUT2D eigenvalue weighted by molar-refractivity contribution is 0.774. The Kier molecular flexibility index (Phi) is 23.2. The molecule has 30 heavy (non-hydrogen) atoms. The van der Waals surface area contributed by atoms with Gasteiger partial charge in [-0.05, 0) is 7.05 Å². The molecule has 0 aliphatic heterocycles. The van der Waals surface area contributed by atoms with Crippen LogP contribution in [0.1, 0.15) is 0 Å². The van der Waals surface area contributed by atoms with E-state index >= 15 is 0 Å². The van der Waals surface area contributed by atoms with Gasteiger partial charge in [-0.1, -0.05) is 0 Å². The molecule has 0 spiro atoms. The van der Waals surface area contributed by atoms with Crippen LogP contribution in [0.2, 0.25) is 0 Å². The highest BCUT2D eigenvalue weighted by Gasteiger charge is 2.16. The van der Waals surface area contributed by atoms with E-state index in [9.17, 15) is 0 Å². The average Bonchev–Trinajstić information content (AvgIpc) is 2.68. The third kappa shape index (κ3) is 21.9. The van der Waals surface area contributed by atoms with Crippen molar-refractivity contribution in [3.05, 3.63) is 0 Å². The molecule has 182 valence electrons. The minimum Gasteiger partial charge on any atom is -0.308 e. The minimum atomic E-state index is -0.334. The van der Waals surface area contributed by atoms with E-state index in [4.69, 9.17) is 40.1 Å². The Morgan fingerprint density at radius 1 is 0.533 bits per heavy atom. The molecule has 0 aromatic rings. The van der Waals surface area contributed by atoms with Gasteiger partial charge in [0.2, 0.25) is 0 Å². The molecule has 15 N–H and O–H groups in total. The van der Waals surface area contributed by atoms with Gasteiger partial charge in [0.15, 0.2) is 0 Å². The lowest BCUT2D eigenvalue weighted by atomic mass is 10.5. The molecule has 0 rings (SSSR count). The van der Waals surface area contributed by atoms with Crippen LogP contribution in [0.25, 0.3) is 0 Å². The molecule has 3 atom stereocenters. The van der Waals surface area contributed by atoms with Gasteiger partial charge in [0.25, 0.3) is 0 Å². The standard InChI is InChI=1S/C15H40N8S7/c1-23-15(22)30-9-11(26-3-5-28-13(18)19)7-24-6-10(8-29-14(20)21)25-2-4-27-12(16)17/h10-15,23H,2-9,16-22H2,1H3. The molecule has 0 bridgehead atoms. The van der Waals surface area contributed by atoms with Gasteiger partial charge < -0.3 is 40.1 Å². The summed E-state index contributed by atoms with van der Waals surface area (Å²) < 4.78 is 0. The largest absolute Gasteiger partial charge is 0.308 e. The van der Waals surface area contributed by atoms with Gasteiger partial charge in [-0.3, -0.25) is 5.32 Å². The molecule has 0 aliphatic carbocycles. The first-order valence-electron chi connectivity index (χ1n) is 9.48. The molecule has 0 saturated heterocycles. The zero-order valence-electron chi connectivity index (χ0n) is 17.5. The maximum Gasteiger partial charge on any atom is 0.103 e. The molecule has 0 fully saturated rings. The van der Waals surface area contributed by atoms with Crippen molar-refractivity contribution in [1.29, 1.82) is 0 Å². The number of hydrogen-bond acceptors (Lipinski definition) is 15. The van der Waals surface area contributed by atoms with Crippen LogP contribution in [-0.2, 0) is 0 Å². The van der Waals surface area contributed by atoms with Crippen LogP contribution >= 0.6 is 82.3 Å². The van der Waals surface area contributed by atoms with Crippen LogP contribution < -0.4 is 45.5 Å². The summed E-state index contributed by atoms with van der Waals surface area (Å²) in [6.07, 6.45) is 0. The van der Waals surface area contributed by atoms with Crippen molar-refractivity contribution in [3.8, 4) is 0 Å². The first-order valence-corrected chi connectivity index (χ1v) is 16.9. The second-order valence-electron chi connectivity index (χ2n) is 6.03. The van der Waals surface area contributed by atoms with Crippen molar-refractivity contribution >= 4 is 82.3 Å². The molecule has 0 saturated carbocycles. The van der Waals surface area contributed by atoms with Gasteiger partial charge >= 0.3 is 0 Å². The number of nitrogens with one attached hydrogen (secondary N) is 1. The number of rotatable bonds is 21. The smallest absolute Gasteiger partial charge is 0.103 e. The fraction of sp³-hybridized carbons (Fsp3) is 1.00. The normalized spacial score (nSPS) is 15.3. The van der Waals surface area contributed by atoms with Crippen molar-refractivity contribution in [2.24, 2.45) is 40.1 Å². The average molecular weight is 557 g/mol. The molecule has 3 unspecified atom stereocenters. The van der Waals surface area contributed by atoms with E-state index in [-0.39, 0.29) is 22.0 Å². The second kappa shape index (κ2) is 21.6. The SMILES string of the molecule is CNC(N)SCC(CSCC(CSC(N)N)SCCSC(N)N)SCCSC(N)N. The van der Waals surface area contributed by atoms with Gasteiger partial charge in [-0.15, -0.1) is 47.0 Å².